The molecular formula is C23H19ClF2N4O7. The molecule has 0 spiro atoms. The molecule has 0 amide bonds. The molecule has 0 atom stereocenters. The molecule has 14 heteroatoms. The molecule has 2 N–H and O–H groups in total. The molecule has 0 bridgehead atoms. The number of carbonyl (C=O) groups is 1. The van der Waals surface area contributed by atoms with Crippen LogP contribution in [0, 0.1) is 5.82 Å². The Hall–Kier alpha value is -4.39. The molecule has 4 aromatic rings. The first kappa shape index (κ1) is 25.7. The average Bonchev–Trinajstić information content (AvgIpc) is 3.21. The van der Waals surface area contributed by atoms with Crippen molar-refractivity contribution < 1.29 is 37.6 Å². The van der Waals surface area contributed by atoms with Gasteiger partial charge in [0.15, 0.2) is 29.6 Å². The SMILES string of the molecule is COc1cccc(F)c1COc1cc(-n2c(=O)[nH]c3c(OC)nc(CF)nc32)c(Cl)cc1OCC(=O)O. The highest BCUT2D eigenvalue weighted by molar-refractivity contribution is 6.32. The predicted molar refractivity (Wildman–Crippen MR) is 126 cm³/mol. The second-order valence-electron chi connectivity index (χ2n) is 7.39. The average molecular weight is 537 g/mol. The van der Waals surface area contributed by atoms with Crippen molar-refractivity contribution in [1.82, 2.24) is 19.5 Å². The summed E-state index contributed by atoms with van der Waals surface area (Å²) in [6, 6.07) is 6.73. The summed E-state index contributed by atoms with van der Waals surface area (Å²) in [5.41, 5.74) is -0.541. The third-order valence-corrected chi connectivity index (χ3v) is 5.44. The molecule has 37 heavy (non-hydrogen) atoms. The van der Waals surface area contributed by atoms with Gasteiger partial charge in [-0.1, -0.05) is 17.7 Å². The van der Waals surface area contributed by atoms with Crippen molar-refractivity contribution >= 4 is 28.7 Å². The van der Waals surface area contributed by atoms with Gasteiger partial charge in [0.1, 0.15) is 30.4 Å². The van der Waals surface area contributed by atoms with E-state index in [0.717, 1.165) is 4.57 Å². The number of aliphatic carboxylic acids is 1. The Kier molecular flexibility index (Phi) is 7.43. The lowest BCUT2D eigenvalue weighted by atomic mass is 10.2. The van der Waals surface area contributed by atoms with E-state index in [0.29, 0.717) is 0 Å². The van der Waals surface area contributed by atoms with Crippen LogP contribution in [0.4, 0.5) is 8.78 Å². The second-order valence-corrected chi connectivity index (χ2v) is 7.80. The minimum absolute atomic E-state index is 0.0293. The van der Waals surface area contributed by atoms with Gasteiger partial charge in [-0.05, 0) is 12.1 Å². The van der Waals surface area contributed by atoms with Gasteiger partial charge in [-0.15, -0.1) is 0 Å². The molecule has 0 saturated heterocycles. The van der Waals surface area contributed by atoms with Crippen molar-refractivity contribution in [2.75, 3.05) is 20.8 Å². The number of carboxylic acid groups (broad SMARTS) is 1. The van der Waals surface area contributed by atoms with Crippen molar-refractivity contribution in [1.29, 1.82) is 0 Å². The van der Waals surface area contributed by atoms with Gasteiger partial charge >= 0.3 is 11.7 Å². The molecule has 0 unspecified atom stereocenters. The molecule has 2 heterocycles. The summed E-state index contributed by atoms with van der Waals surface area (Å²) in [7, 11) is 2.66. The molecule has 0 saturated carbocycles. The van der Waals surface area contributed by atoms with Crippen LogP contribution in [0.2, 0.25) is 5.02 Å². The maximum Gasteiger partial charge on any atom is 0.341 e. The van der Waals surface area contributed by atoms with Crippen LogP contribution in [0.15, 0.2) is 35.1 Å². The van der Waals surface area contributed by atoms with E-state index in [2.05, 4.69) is 15.0 Å². The van der Waals surface area contributed by atoms with Gasteiger partial charge in [-0.2, -0.15) is 4.98 Å². The smallest absolute Gasteiger partial charge is 0.341 e. The topological polar surface area (TPSA) is 138 Å². The van der Waals surface area contributed by atoms with Gasteiger partial charge in [-0.3, -0.25) is 4.98 Å². The zero-order valence-corrected chi connectivity index (χ0v) is 20.1. The summed E-state index contributed by atoms with van der Waals surface area (Å²) < 4.78 is 50.2. The Balaban J connectivity index is 1.86. The summed E-state index contributed by atoms with van der Waals surface area (Å²) in [5.74, 6) is -2.10. The standard InChI is InChI=1S/C23H19ClF2N4O7/c1-34-15-5-3-4-13(26)11(15)9-36-17-7-14(12(24)6-16(17)37-10-19(31)32)30-21-20(29-23(30)33)22(35-2)28-18(8-25)27-21/h3-7H,8-10H2,1-2H3,(H,29,33)(H,31,32). The molecule has 0 fully saturated rings. The van der Waals surface area contributed by atoms with Crippen molar-refractivity contribution in [3.05, 3.63) is 63.0 Å². The molecule has 2 aromatic heterocycles. The number of alkyl halides is 1. The summed E-state index contributed by atoms with van der Waals surface area (Å²) in [6.07, 6.45) is 0. The lowest BCUT2D eigenvalue weighted by Crippen LogP contribution is -2.16. The van der Waals surface area contributed by atoms with E-state index in [1.807, 2.05) is 0 Å². The fourth-order valence-corrected chi connectivity index (χ4v) is 3.75. The predicted octanol–water partition coefficient (Wildman–Crippen LogP) is 3.43. The normalized spacial score (nSPS) is 10.9. The molecule has 0 aliphatic carbocycles. The second kappa shape index (κ2) is 10.7. The lowest BCUT2D eigenvalue weighted by Gasteiger charge is -2.16. The number of nitrogens with one attached hydrogen (secondary N) is 1. The van der Waals surface area contributed by atoms with Crippen LogP contribution < -0.4 is 24.6 Å². The minimum atomic E-state index is -1.27. The van der Waals surface area contributed by atoms with E-state index < -0.39 is 30.8 Å². The van der Waals surface area contributed by atoms with Gasteiger partial charge in [0, 0.05) is 12.1 Å². The van der Waals surface area contributed by atoms with Crippen LogP contribution in [0.5, 0.6) is 23.1 Å². The Bertz CT molecular complexity index is 1540. The first-order valence-electron chi connectivity index (χ1n) is 10.5. The van der Waals surface area contributed by atoms with Gasteiger partial charge in [-0.25, -0.2) is 27.9 Å². The fraction of sp³-hybridized carbons (Fsp3) is 0.217. The van der Waals surface area contributed by atoms with E-state index in [9.17, 15) is 18.4 Å². The number of H-pyrrole nitrogens is 1. The number of halogens is 3. The van der Waals surface area contributed by atoms with E-state index in [1.165, 1.54) is 44.6 Å². The third-order valence-electron chi connectivity index (χ3n) is 5.14. The molecule has 0 radical (unpaired) electrons. The van der Waals surface area contributed by atoms with Crippen LogP contribution in [-0.4, -0.2) is 51.4 Å². The Morgan fingerprint density at radius 1 is 1.14 bits per heavy atom. The van der Waals surface area contributed by atoms with Crippen molar-refractivity contribution in [2.45, 2.75) is 13.3 Å². The fourth-order valence-electron chi connectivity index (χ4n) is 3.51. The molecule has 0 aliphatic heterocycles. The summed E-state index contributed by atoms with van der Waals surface area (Å²) in [6.45, 7) is -2.10. The molecule has 194 valence electrons. The van der Waals surface area contributed by atoms with E-state index in [-0.39, 0.29) is 63.0 Å². The largest absolute Gasteiger partial charge is 0.496 e. The number of methoxy groups -OCH3 is 2. The van der Waals surface area contributed by atoms with Crippen LogP contribution in [0.1, 0.15) is 11.4 Å². The number of aromatic amines is 1. The monoisotopic (exact) mass is 536 g/mol. The van der Waals surface area contributed by atoms with E-state index in [1.54, 1.807) is 0 Å². The van der Waals surface area contributed by atoms with Crippen LogP contribution in [0.25, 0.3) is 16.9 Å². The number of benzene rings is 2. The molecule has 11 nitrogen and oxygen atoms in total. The first-order valence-corrected chi connectivity index (χ1v) is 10.9. The highest BCUT2D eigenvalue weighted by Crippen LogP contribution is 2.37. The number of nitrogens with zero attached hydrogens (tertiary/aromatic N) is 3. The highest BCUT2D eigenvalue weighted by Gasteiger charge is 2.22. The maximum absolute atomic E-state index is 14.4. The first-order chi connectivity index (χ1) is 17.8. The number of ether oxygens (including phenoxy) is 4. The highest BCUT2D eigenvalue weighted by atomic mass is 35.5. The van der Waals surface area contributed by atoms with E-state index in [4.69, 9.17) is 35.7 Å². The summed E-state index contributed by atoms with van der Waals surface area (Å²) >= 11 is 6.43. The molecule has 4 rings (SSSR count). The lowest BCUT2D eigenvalue weighted by molar-refractivity contribution is -0.139. The Labute approximate surface area is 212 Å². The number of hydrogen-bond acceptors (Lipinski definition) is 8. The number of imidazole rings is 1. The molecule has 0 aliphatic rings. The van der Waals surface area contributed by atoms with Crippen molar-refractivity contribution in [2.24, 2.45) is 0 Å². The Morgan fingerprint density at radius 2 is 1.89 bits per heavy atom. The zero-order chi connectivity index (χ0) is 26.7. The zero-order valence-electron chi connectivity index (χ0n) is 19.4. The summed E-state index contributed by atoms with van der Waals surface area (Å²) in [5, 5.41) is 8.98. The number of aromatic nitrogens is 4. The number of hydrogen-bond donors (Lipinski definition) is 2. The van der Waals surface area contributed by atoms with Crippen LogP contribution in [-0.2, 0) is 18.1 Å². The molecular weight excluding hydrogens is 518 g/mol. The van der Waals surface area contributed by atoms with Crippen LogP contribution >= 0.6 is 11.6 Å². The number of fused-ring (bicyclic) bond motifs is 1. The maximum atomic E-state index is 14.4. The van der Waals surface area contributed by atoms with Crippen molar-refractivity contribution in [3.63, 3.8) is 0 Å². The van der Waals surface area contributed by atoms with Gasteiger partial charge in [0.05, 0.1) is 30.5 Å². The third kappa shape index (κ3) is 5.11. The van der Waals surface area contributed by atoms with Crippen molar-refractivity contribution in [3.8, 4) is 28.8 Å². The van der Waals surface area contributed by atoms with Crippen LogP contribution in [0.3, 0.4) is 0 Å². The number of carboxylic acids is 1. The molecule has 2 aromatic carbocycles. The van der Waals surface area contributed by atoms with E-state index >= 15 is 0 Å². The van der Waals surface area contributed by atoms with Gasteiger partial charge in [0.2, 0.25) is 5.88 Å². The number of rotatable bonds is 10. The summed E-state index contributed by atoms with van der Waals surface area (Å²) in [4.78, 5) is 34.5. The minimum Gasteiger partial charge on any atom is -0.496 e. The Morgan fingerprint density at radius 3 is 2.57 bits per heavy atom. The van der Waals surface area contributed by atoms with Gasteiger partial charge in [0.25, 0.3) is 0 Å². The quantitative estimate of drug-likeness (QED) is 0.312. The van der Waals surface area contributed by atoms with Gasteiger partial charge < -0.3 is 24.1 Å².